The van der Waals surface area contributed by atoms with Crippen LogP contribution in [0.1, 0.15) is 35.2 Å². The topological polar surface area (TPSA) is 64.6 Å². The molecule has 0 radical (unpaired) electrons. The number of ether oxygens (including phenoxy) is 2. The van der Waals surface area contributed by atoms with E-state index in [1.165, 1.54) is 6.92 Å². The van der Waals surface area contributed by atoms with Gasteiger partial charge in [-0.2, -0.15) is 0 Å². The first-order valence-electron chi connectivity index (χ1n) is 8.04. The smallest absolute Gasteiger partial charge is 0.231 e. The minimum Gasteiger partial charge on any atom is -0.454 e. The summed E-state index contributed by atoms with van der Waals surface area (Å²) in [6, 6.07) is 10.8. The number of halogens is 1. The molecule has 0 bridgehead atoms. The van der Waals surface area contributed by atoms with Gasteiger partial charge in [0.15, 0.2) is 17.3 Å². The lowest BCUT2D eigenvalue weighted by molar-refractivity contribution is -0.117. The van der Waals surface area contributed by atoms with Gasteiger partial charge in [-0.15, -0.1) is 0 Å². The van der Waals surface area contributed by atoms with Crippen LogP contribution in [0.25, 0.3) is 0 Å². The predicted octanol–water partition coefficient (Wildman–Crippen LogP) is 4.01. The van der Waals surface area contributed by atoms with Crippen molar-refractivity contribution < 1.29 is 19.1 Å². The first-order chi connectivity index (χ1) is 12.0. The van der Waals surface area contributed by atoms with Gasteiger partial charge in [0, 0.05) is 22.6 Å². The van der Waals surface area contributed by atoms with Crippen LogP contribution in [0.2, 0.25) is 5.02 Å². The van der Waals surface area contributed by atoms with E-state index in [-0.39, 0.29) is 30.3 Å². The van der Waals surface area contributed by atoms with Crippen molar-refractivity contribution >= 4 is 29.0 Å². The van der Waals surface area contributed by atoms with E-state index in [1.54, 1.807) is 12.1 Å². The number of rotatable bonds is 4. The fourth-order valence-corrected chi connectivity index (χ4v) is 3.44. The summed E-state index contributed by atoms with van der Waals surface area (Å²) < 4.78 is 10.6. The van der Waals surface area contributed by atoms with Crippen LogP contribution in [0.15, 0.2) is 36.4 Å². The fourth-order valence-electron chi connectivity index (χ4n) is 3.17. The van der Waals surface area contributed by atoms with E-state index >= 15 is 0 Å². The molecule has 0 aromatic heterocycles. The number of carbonyl (C=O) groups is 2. The van der Waals surface area contributed by atoms with Gasteiger partial charge < -0.3 is 14.8 Å². The number of Topliss-reactive ketones (excluding diaryl/α,β-unsaturated/α-hetero) is 1. The van der Waals surface area contributed by atoms with E-state index in [0.717, 1.165) is 12.0 Å². The average molecular weight is 358 g/mol. The molecular weight excluding hydrogens is 342 g/mol. The highest BCUT2D eigenvalue weighted by molar-refractivity contribution is 6.31. The van der Waals surface area contributed by atoms with Crippen molar-refractivity contribution in [3.05, 3.63) is 52.5 Å². The molecule has 0 saturated heterocycles. The molecule has 2 aromatic carbocycles. The minimum atomic E-state index is -0.148. The molecule has 1 heterocycles. The quantitative estimate of drug-likeness (QED) is 0.839. The largest absolute Gasteiger partial charge is 0.454 e. The lowest BCUT2D eigenvalue weighted by atomic mass is 10.1. The molecule has 1 aliphatic carbocycles. The van der Waals surface area contributed by atoms with Crippen LogP contribution in [0.3, 0.4) is 0 Å². The normalized spacial score (nSPS) is 20.2. The molecule has 4 rings (SSSR count). The zero-order valence-corrected chi connectivity index (χ0v) is 14.3. The van der Waals surface area contributed by atoms with Crippen LogP contribution in [0.5, 0.6) is 11.5 Å². The first kappa shape index (κ1) is 16.0. The van der Waals surface area contributed by atoms with Crippen LogP contribution in [-0.2, 0) is 4.79 Å². The Kier molecular flexibility index (Phi) is 3.88. The second-order valence-electron chi connectivity index (χ2n) is 6.27. The second-order valence-corrected chi connectivity index (χ2v) is 6.67. The summed E-state index contributed by atoms with van der Waals surface area (Å²) in [7, 11) is 0. The molecular formula is C19H16ClNO4. The van der Waals surface area contributed by atoms with E-state index in [2.05, 4.69) is 5.32 Å². The highest BCUT2D eigenvalue weighted by atomic mass is 35.5. The summed E-state index contributed by atoms with van der Waals surface area (Å²) in [5.74, 6) is 0.745. The Balaban J connectivity index is 1.54. The third kappa shape index (κ3) is 2.96. The second kappa shape index (κ2) is 6.08. The zero-order valence-electron chi connectivity index (χ0n) is 13.5. The van der Waals surface area contributed by atoms with Crippen LogP contribution < -0.4 is 14.8 Å². The highest BCUT2D eigenvalue weighted by Crippen LogP contribution is 2.50. The Bertz CT molecular complexity index is 880. The Hall–Kier alpha value is -2.53. The number of carbonyl (C=O) groups excluding carboxylic acids is 2. The van der Waals surface area contributed by atoms with Gasteiger partial charge in [0.1, 0.15) is 0 Å². The van der Waals surface area contributed by atoms with Crippen LogP contribution in [0.4, 0.5) is 5.69 Å². The molecule has 1 aliphatic heterocycles. The van der Waals surface area contributed by atoms with Gasteiger partial charge in [0.2, 0.25) is 12.7 Å². The molecule has 0 spiro atoms. The number of ketones is 1. The van der Waals surface area contributed by atoms with E-state index in [0.29, 0.717) is 27.8 Å². The predicted molar refractivity (Wildman–Crippen MR) is 93.5 cm³/mol. The monoisotopic (exact) mass is 357 g/mol. The van der Waals surface area contributed by atoms with E-state index in [4.69, 9.17) is 21.1 Å². The maximum atomic E-state index is 12.6. The molecule has 128 valence electrons. The Morgan fingerprint density at radius 1 is 1.16 bits per heavy atom. The summed E-state index contributed by atoms with van der Waals surface area (Å²) in [6.45, 7) is 1.57. The van der Waals surface area contributed by atoms with Gasteiger partial charge in [-0.1, -0.05) is 29.8 Å². The van der Waals surface area contributed by atoms with Crippen molar-refractivity contribution in [2.45, 2.75) is 19.3 Å². The number of fused-ring (bicyclic) bond motifs is 1. The summed E-state index contributed by atoms with van der Waals surface area (Å²) in [5.41, 5.74) is 1.85. The lowest BCUT2D eigenvalue weighted by Crippen LogP contribution is -2.16. The molecule has 5 nitrogen and oxygen atoms in total. The molecule has 1 N–H and O–H groups in total. The molecule has 0 unspecified atom stereocenters. The van der Waals surface area contributed by atoms with E-state index in [9.17, 15) is 9.59 Å². The third-order valence-corrected chi connectivity index (χ3v) is 4.93. The summed E-state index contributed by atoms with van der Waals surface area (Å²) in [5, 5.41) is 3.54. The number of benzene rings is 2. The van der Waals surface area contributed by atoms with Crippen LogP contribution in [0, 0.1) is 5.92 Å². The molecule has 2 aliphatic rings. The van der Waals surface area contributed by atoms with Crippen molar-refractivity contribution in [3.8, 4) is 11.5 Å². The van der Waals surface area contributed by atoms with Crippen molar-refractivity contribution in [2.24, 2.45) is 5.92 Å². The van der Waals surface area contributed by atoms with Crippen molar-refractivity contribution in [1.82, 2.24) is 0 Å². The summed E-state index contributed by atoms with van der Waals surface area (Å²) in [6.07, 6.45) is 0.746. The summed E-state index contributed by atoms with van der Waals surface area (Å²) >= 11 is 6.21. The van der Waals surface area contributed by atoms with Crippen LogP contribution in [-0.4, -0.2) is 18.5 Å². The minimum absolute atomic E-state index is 0.112. The van der Waals surface area contributed by atoms with Crippen molar-refractivity contribution in [3.63, 3.8) is 0 Å². The molecule has 2 aromatic rings. The van der Waals surface area contributed by atoms with Gasteiger partial charge in [0.25, 0.3) is 0 Å². The van der Waals surface area contributed by atoms with Gasteiger partial charge in [0.05, 0.1) is 5.69 Å². The van der Waals surface area contributed by atoms with Crippen LogP contribution >= 0.6 is 11.6 Å². The zero-order chi connectivity index (χ0) is 17.6. The Morgan fingerprint density at radius 2 is 1.88 bits per heavy atom. The number of hydrogen-bond acceptors (Lipinski definition) is 4. The highest BCUT2D eigenvalue weighted by Gasteiger charge is 2.45. The Labute approximate surface area is 149 Å². The standard InChI is InChI=1S/C19H16ClNO4/c1-10(22)12-7-17-18(25-9-24-17)8-16(12)21-19(23)14-6-13(14)11-4-2-3-5-15(11)20/h2-5,7-8,13-14H,6,9H2,1H3,(H,21,23)/t13-,14+/m1/s1. The molecule has 1 amide bonds. The van der Waals surface area contributed by atoms with Gasteiger partial charge >= 0.3 is 0 Å². The van der Waals surface area contributed by atoms with Crippen molar-refractivity contribution in [1.29, 1.82) is 0 Å². The molecule has 1 fully saturated rings. The maximum absolute atomic E-state index is 12.6. The molecule has 6 heteroatoms. The molecule has 1 saturated carbocycles. The molecule has 25 heavy (non-hydrogen) atoms. The Morgan fingerprint density at radius 3 is 2.60 bits per heavy atom. The van der Waals surface area contributed by atoms with Gasteiger partial charge in [-0.3, -0.25) is 9.59 Å². The van der Waals surface area contributed by atoms with E-state index in [1.807, 2.05) is 24.3 Å². The average Bonchev–Trinajstić information content (AvgIpc) is 3.25. The third-order valence-electron chi connectivity index (χ3n) is 4.58. The SMILES string of the molecule is CC(=O)c1cc2c(cc1NC(=O)[C@H]1C[C@@H]1c1ccccc1Cl)OCO2. The number of anilines is 1. The number of amides is 1. The summed E-state index contributed by atoms with van der Waals surface area (Å²) in [4.78, 5) is 24.5. The van der Waals surface area contributed by atoms with Crippen molar-refractivity contribution in [2.75, 3.05) is 12.1 Å². The first-order valence-corrected chi connectivity index (χ1v) is 8.42. The number of nitrogens with one attached hydrogen (secondary N) is 1. The lowest BCUT2D eigenvalue weighted by Gasteiger charge is -2.11. The number of hydrogen-bond donors (Lipinski definition) is 1. The maximum Gasteiger partial charge on any atom is 0.231 e. The van der Waals surface area contributed by atoms with Gasteiger partial charge in [-0.05, 0) is 37.0 Å². The van der Waals surface area contributed by atoms with Gasteiger partial charge in [-0.25, -0.2) is 0 Å². The fraction of sp³-hybridized carbons (Fsp3) is 0.263. The molecule has 2 atom stereocenters. The van der Waals surface area contributed by atoms with E-state index < -0.39 is 0 Å².